The number of fused-ring (bicyclic) bond motifs is 3. The molecule has 0 saturated heterocycles. The smallest absolute Gasteiger partial charge is 0.303 e. The molecule has 2 aromatic carbocycles. The van der Waals surface area contributed by atoms with E-state index >= 15 is 0 Å². The maximum Gasteiger partial charge on any atom is 0.303 e. The normalized spacial score (nSPS) is 16.8. The average Bonchev–Trinajstić information content (AvgIpc) is 3.11. The van der Waals surface area contributed by atoms with Crippen LogP contribution in [0.1, 0.15) is 55.6 Å². The lowest BCUT2D eigenvalue weighted by Crippen LogP contribution is -2.45. The topological polar surface area (TPSA) is 62.4 Å². The van der Waals surface area contributed by atoms with Gasteiger partial charge in [0, 0.05) is 35.1 Å². The van der Waals surface area contributed by atoms with Crippen LogP contribution in [0.5, 0.6) is 0 Å². The number of benzene rings is 2. The van der Waals surface area contributed by atoms with Gasteiger partial charge in [0.2, 0.25) is 0 Å². The zero-order valence-corrected chi connectivity index (χ0v) is 18.8. The molecule has 31 heavy (non-hydrogen) atoms. The second kappa shape index (κ2) is 8.75. The van der Waals surface area contributed by atoms with Crippen LogP contribution < -0.4 is 0 Å². The zero-order valence-electron chi connectivity index (χ0n) is 18.1. The Bertz CT molecular complexity index is 1120. The van der Waals surface area contributed by atoms with Gasteiger partial charge in [0.15, 0.2) is 6.10 Å². The van der Waals surface area contributed by atoms with Crippen molar-refractivity contribution in [1.82, 2.24) is 9.88 Å². The minimum atomic E-state index is -0.834. The second-order valence-corrected chi connectivity index (χ2v) is 8.57. The third kappa shape index (κ3) is 4.19. The summed E-state index contributed by atoms with van der Waals surface area (Å²) in [4.78, 5) is 30.1. The van der Waals surface area contributed by atoms with Crippen molar-refractivity contribution in [2.24, 2.45) is 0 Å². The molecule has 0 fully saturated rings. The number of esters is 1. The molecule has 1 aromatic heterocycles. The molecule has 2 atom stereocenters. The molecule has 5 nitrogen and oxygen atoms in total. The number of halogens is 1. The van der Waals surface area contributed by atoms with E-state index in [2.05, 4.69) is 36.2 Å². The maximum atomic E-state index is 13.3. The summed E-state index contributed by atoms with van der Waals surface area (Å²) in [7, 11) is 0. The number of hydrogen-bond acceptors (Lipinski definition) is 3. The van der Waals surface area contributed by atoms with E-state index in [-0.39, 0.29) is 11.9 Å². The molecule has 1 aliphatic heterocycles. The highest BCUT2D eigenvalue weighted by molar-refractivity contribution is 6.31. The van der Waals surface area contributed by atoms with Crippen LogP contribution in [-0.4, -0.2) is 34.4 Å². The van der Waals surface area contributed by atoms with Crippen molar-refractivity contribution >= 4 is 34.4 Å². The molecule has 0 spiro atoms. The van der Waals surface area contributed by atoms with Crippen LogP contribution in [0.3, 0.4) is 0 Å². The summed E-state index contributed by atoms with van der Waals surface area (Å²) in [5.74, 6) is -0.653. The van der Waals surface area contributed by atoms with Crippen LogP contribution >= 0.6 is 11.6 Å². The Morgan fingerprint density at radius 1 is 1.23 bits per heavy atom. The largest absolute Gasteiger partial charge is 0.453 e. The molecule has 0 aliphatic carbocycles. The van der Waals surface area contributed by atoms with Gasteiger partial charge >= 0.3 is 5.97 Å². The summed E-state index contributed by atoms with van der Waals surface area (Å²) in [5, 5.41) is 1.78. The van der Waals surface area contributed by atoms with Gasteiger partial charge in [-0.2, -0.15) is 0 Å². The monoisotopic (exact) mass is 438 g/mol. The molecule has 0 bridgehead atoms. The number of aromatic nitrogens is 1. The number of ether oxygens (including phenoxy) is 1. The van der Waals surface area contributed by atoms with Crippen LogP contribution in [0.15, 0.2) is 42.5 Å². The van der Waals surface area contributed by atoms with Crippen molar-refractivity contribution in [3.8, 4) is 0 Å². The quantitative estimate of drug-likeness (QED) is 0.557. The van der Waals surface area contributed by atoms with Crippen molar-refractivity contribution < 1.29 is 14.3 Å². The number of amides is 1. The molecular weight excluding hydrogens is 412 g/mol. The third-order valence-corrected chi connectivity index (χ3v) is 6.13. The van der Waals surface area contributed by atoms with Crippen LogP contribution in [0.4, 0.5) is 0 Å². The van der Waals surface area contributed by atoms with Crippen LogP contribution in [-0.2, 0) is 27.2 Å². The number of nitrogens with one attached hydrogen (secondary N) is 1. The summed E-state index contributed by atoms with van der Waals surface area (Å²) in [5.41, 5.74) is 5.49. The average molecular weight is 439 g/mol. The lowest BCUT2D eigenvalue weighted by Gasteiger charge is -2.37. The molecule has 1 N–H and O–H groups in total. The lowest BCUT2D eigenvalue weighted by atomic mass is 9.91. The van der Waals surface area contributed by atoms with Gasteiger partial charge in [-0.25, -0.2) is 0 Å². The molecule has 2 heterocycles. The van der Waals surface area contributed by atoms with Crippen molar-refractivity contribution in [3.63, 3.8) is 0 Å². The van der Waals surface area contributed by atoms with Gasteiger partial charge in [0.25, 0.3) is 5.91 Å². The number of carbonyl (C=O) groups excluding carboxylic acids is 2. The van der Waals surface area contributed by atoms with Gasteiger partial charge in [0.1, 0.15) is 0 Å². The highest BCUT2D eigenvalue weighted by Crippen LogP contribution is 2.39. The third-order valence-electron chi connectivity index (χ3n) is 5.90. The molecule has 162 valence electrons. The van der Waals surface area contributed by atoms with Crippen LogP contribution in [0, 0.1) is 0 Å². The highest BCUT2D eigenvalue weighted by atomic mass is 35.5. The standard InChI is InChI=1S/C25H27ClN2O3/c1-4-5-17-6-8-18(9-7-17)24-23-20(21-14-19(26)10-11-22(21)27-23)12-13-28(24)25(30)15(2)31-16(3)29/h6-11,14-15,24,27H,4-5,12-13H2,1-3H3. The zero-order chi connectivity index (χ0) is 22.1. The summed E-state index contributed by atoms with van der Waals surface area (Å²) in [6, 6.07) is 14.0. The van der Waals surface area contributed by atoms with Gasteiger partial charge in [-0.05, 0) is 54.7 Å². The Kier molecular flexibility index (Phi) is 6.05. The SMILES string of the molecule is CCCc1ccc(C2c3[nH]c4ccc(Cl)cc4c3CCN2C(=O)C(C)OC(C)=O)cc1. The molecular formula is C25H27ClN2O3. The van der Waals surface area contributed by atoms with Gasteiger partial charge in [0.05, 0.1) is 6.04 Å². The number of nitrogens with zero attached hydrogens (tertiary/aromatic N) is 1. The summed E-state index contributed by atoms with van der Waals surface area (Å²) < 4.78 is 5.21. The number of aryl methyl sites for hydroxylation is 1. The molecule has 2 unspecified atom stereocenters. The fraction of sp³-hybridized carbons (Fsp3) is 0.360. The number of carbonyl (C=O) groups is 2. The Balaban J connectivity index is 1.80. The van der Waals surface area contributed by atoms with E-state index in [1.54, 1.807) is 6.92 Å². The maximum absolute atomic E-state index is 13.3. The van der Waals surface area contributed by atoms with Crippen molar-refractivity contribution in [2.75, 3.05) is 6.54 Å². The molecule has 1 aliphatic rings. The van der Waals surface area contributed by atoms with Crippen molar-refractivity contribution in [3.05, 3.63) is 69.9 Å². The Labute approximate surface area is 187 Å². The number of H-pyrrole nitrogens is 1. The van der Waals surface area contributed by atoms with Gasteiger partial charge in [-0.3, -0.25) is 9.59 Å². The van der Waals surface area contributed by atoms with E-state index < -0.39 is 12.1 Å². The predicted octanol–water partition coefficient (Wildman–Crippen LogP) is 5.20. The molecule has 4 rings (SSSR count). The first-order chi connectivity index (χ1) is 14.9. The van der Waals surface area contributed by atoms with Crippen LogP contribution in [0.2, 0.25) is 5.02 Å². The summed E-state index contributed by atoms with van der Waals surface area (Å²) >= 11 is 6.26. The van der Waals surface area contributed by atoms with Crippen LogP contribution in [0.25, 0.3) is 10.9 Å². The second-order valence-electron chi connectivity index (χ2n) is 8.13. The van der Waals surface area contributed by atoms with E-state index in [9.17, 15) is 9.59 Å². The minimum absolute atomic E-state index is 0.194. The van der Waals surface area contributed by atoms with E-state index in [1.165, 1.54) is 18.1 Å². The predicted molar refractivity (Wildman–Crippen MR) is 122 cm³/mol. The molecule has 6 heteroatoms. The first-order valence-electron chi connectivity index (χ1n) is 10.8. The van der Waals surface area contributed by atoms with E-state index in [1.807, 2.05) is 23.1 Å². The Morgan fingerprint density at radius 2 is 1.97 bits per heavy atom. The summed E-state index contributed by atoms with van der Waals surface area (Å²) in [6.45, 7) is 5.65. The number of rotatable bonds is 5. The molecule has 0 radical (unpaired) electrons. The fourth-order valence-corrected chi connectivity index (χ4v) is 4.70. The molecule has 1 amide bonds. The fourth-order valence-electron chi connectivity index (χ4n) is 4.53. The first-order valence-corrected chi connectivity index (χ1v) is 11.1. The Hall–Kier alpha value is -2.79. The van der Waals surface area contributed by atoms with E-state index in [4.69, 9.17) is 16.3 Å². The minimum Gasteiger partial charge on any atom is -0.453 e. The van der Waals surface area contributed by atoms with Crippen molar-refractivity contribution in [1.29, 1.82) is 0 Å². The van der Waals surface area contributed by atoms with Crippen molar-refractivity contribution in [2.45, 2.75) is 52.2 Å². The Morgan fingerprint density at radius 3 is 2.65 bits per heavy atom. The summed E-state index contributed by atoms with van der Waals surface area (Å²) in [6.07, 6.45) is 1.98. The van der Waals surface area contributed by atoms with Gasteiger partial charge in [-0.1, -0.05) is 49.2 Å². The van der Waals surface area contributed by atoms with E-state index in [0.29, 0.717) is 18.0 Å². The van der Waals surface area contributed by atoms with Gasteiger partial charge < -0.3 is 14.6 Å². The van der Waals surface area contributed by atoms with Gasteiger partial charge in [-0.15, -0.1) is 0 Å². The van der Waals surface area contributed by atoms with E-state index in [0.717, 1.165) is 35.0 Å². The number of aromatic amines is 1. The number of hydrogen-bond donors (Lipinski definition) is 1. The highest BCUT2D eigenvalue weighted by Gasteiger charge is 2.37. The lowest BCUT2D eigenvalue weighted by molar-refractivity contribution is -0.158. The molecule has 3 aromatic rings. The molecule has 0 saturated carbocycles. The first kappa shape index (κ1) is 21.4.